The van der Waals surface area contributed by atoms with Gasteiger partial charge in [0, 0.05) is 19.0 Å². The van der Waals surface area contributed by atoms with Gasteiger partial charge in [-0.25, -0.2) is 9.59 Å². The molecule has 1 rings (SSSR count). The molecular formula is C21H30N2O8. The van der Waals surface area contributed by atoms with E-state index in [-0.39, 0.29) is 30.6 Å². The number of nitro benzene ring substituents is 1. The van der Waals surface area contributed by atoms with E-state index in [4.69, 9.17) is 14.2 Å². The lowest BCUT2D eigenvalue weighted by Gasteiger charge is -2.24. The molecule has 0 heterocycles. The normalized spacial score (nSPS) is 12.5. The average Bonchev–Trinajstić information content (AvgIpc) is 2.60. The van der Waals surface area contributed by atoms with Gasteiger partial charge in [0.05, 0.1) is 10.5 Å². The maximum Gasteiger partial charge on any atom is 0.407 e. The molecule has 0 aromatic heterocycles. The van der Waals surface area contributed by atoms with Crippen LogP contribution in [0.2, 0.25) is 0 Å². The van der Waals surface area contributed by atoms with E-state index in [1.54, 1.807) is 41.5 Å². The molecule has 172 valence electrons. The number of alkyl carbamates (subject to hydrolysis) is 1. The van der Waals surface area contributed by atoms with E-state index in [1.807, 2.05) is 0 Å². The summed E-state index contributed by atoms with van der Waals surface area (Å²) in [6.45, 7) is 10.2. The van der Waals surface area contributed by atoms with Crippen LogP contribution in [0.4, 0.5) is 10.5 Å². The summed E-state index contributed by atoms with van der Waals surface area (Å²) >= 11 is 0. The van der Waals surface area contributed by atoms with Gasteiger partial charge in [-0.15, -0.1) is 0 Å². The van der Waals surface area contributed by atoms with Crippen molar-refractivity contribution in [3.05, 3.63) is 39.9 Å². The molecule has 10 nitrogen and oxygen atoms in total. The zero-order chi connectivity index (χ0) is 23.8. The molecule has 0 spiro atoms. The van der Waals surface area contributed by atoms with Crippen LogP contribution in [-0.2, 0) is 23.8 Å². The van der Waals surface area contributed by atoms with E-state index >= 15 is 0 Å². The highest BCUT2D eigenvalue weighted by atomic mass is 16.6. The van der Waals surface area contributed by atoms with Crippen molar-refractivity contribution < 1.29 is 33.5 Å². The fraction of sp³-hybridized carbons (Fsp3) is 0.571. The molecule has 0 radical (unpaired) electrons. The number of carbonyl (C=O) groups excluding carboxylic acids is 3. The second kappa shape index (κ2) is 10.7. The lowest BCUT2D eigenvalue weighted by molar-refractivity contribution is -0.386. The minimum atomic E-state index is -1.59. The Morgan fingerprint density at radius 2 is 1.61 bits per heavy atom. The van der Waals surface area contributed by atoms with Gasteiger partial charge in [-0.05, 0) is 54.0 Å². The van der Waals surface area contributed by atoms with Crippen molar-refractivity contribution in [1.82, 2.24) is 5.32 Å². The van der Waals surface area contributed by atoms with Crippen molar-refractivity contribution in [3.63, 3.8) is 0 Å². The van der Waals surface area contributed by atoms with Crippen LogP contribution in [0.1, 0.15) is 66.1 Å². The highest BCUT2D eigenvalue weighted by Crippen LogP contribution is 2.30. The highest BCUT2D eigenvalue weighted by Gasteiger charge is 2.34. The van der Waals surface area contributed by atoms with E-state index in [9.17, 15) is 24.5 Å². The van der Waals surface area contributed by atoms with Crippen LogP contribution in [0, 0.1) is 10.1 Å². The standard InChI is InChI=1S/C21H30N2O8/c1-20(2,3)30-18(25)17(14-10-7-8-11-15(14)23(27)28)29-16(24)12-9-13-22-19(26)31-21(4,5)6/h7-8,10-11,17H,9,12-13H2,1-6H3,(H,22,26). The number of amides is 1. The SMILES string of the molecule is CC(C)(C)OC(=O)NCCCC(=O)OC(C(=O)OC(C)(C)C)c1ccccc1[N+](=O)[O-]. The van der Waals surface area contributed by atoms with Gasteiger partial charge in [0.15, 0.2) is 0 Å². The first-order chi connectivity index (χ1) is 14.2. The number of carbonyl (C=O) groups is 3. The summed E-state index contributed by atoms with van der Waals surface area (Å²) in [5, 5.41) is 13.9. The first-order valence-electron chi connectivity index (χ1n) is 9.82. The Bertz CT molecular complexity index is 808. The Labute approximate surface area is 181 Å². The lowest BCUT2D eigenvalue weighted by Crippen LogP contribution is -2.33. The fourth-order valence-corrected chi connectivity index (χ4v) is 2.40. The number of nitro groups is 1. The number of benzene rings is 1. The van der Waals surface area contributed by atoms with E-state index in [0.29, 0.717) is 0 Å². The quantitative estimate of drug-likeness (QED) is 0.213. The Hall–Kier alpha value is -3.17. The smallest absolute Gasteiger partial charge is 0.407 e. The molecule has 1 atom stereocenters. The van der Waals surface area contributed by atoms with Crippen LogP contribution < -0.4 is 5.32 Å². The summed E-state index contributed by atoms with van der Waals surface area (Å²) in [6.07, 6.45) is -2.12. The van der Waals surface area contributed by atoms with Crippen molar-refractivity contribution in [2.45, 2.75) is 71.7 Å². The molecule has 0 aliphatic carbocycles. The molecular weight excluding hydrogens is 408 g/mol. The molecule has 1 unspecified atom stereocenters. The first kappa shape index (κ1) is 25.9. The van der Waals surface area contributed by atoms with Gasteiger partial charge < -0.3 is 19.5 Å². The van der Waals surface area contributed by atoms with Gasteiger partial charge in [-0.1, -0.05) is 12.1 Å². The molecule has 1 aromatic rings. The van der Waals surface area contributed by atoms with Crippen LogP contribution in [0.25, 0.3) is 0 Å². The van der Waals surface area contributed by atoms with E-state index < -0.39 is 40.3 Å². The summed E-state index contributed by atoms with van der Waals surface area (Å²) in [6, 6.07) is 5.49. The second-order valence-electron chi connectivity index (χ2n) is 8.75. The molecule has 0 aliphatic rings. The molecule has 0 fully saturated rings. The van der Waals surface area contributed by atoms with Crippen LogP contribution in [0.3, 0.4) is 0 Å². The van der Waals surface area contributed by atoms with Gasteiger partial charge in [-0.3, -0.25) is 14.9 Å². The number of ether oxygens (including phenoxy) is 3. The summed E-state index contributed by atoms with van der Waals surface area (Å²) in [7, 11) is 0. The Morgan fingerprint density at radius 3 is 2.16 bits per heavy atom. The Morgan fingerprint density at radius 1 is 1.03 bits per heavy atom. The minimum absolute atomic E-state index is 0.0815. The van der Waals surface area contributed by atoms with Crippen molar-refractivity contribution >= 4 is 23.7 Å². The van der Waals surface area contributed by atoms with Crippen LogP contribution >= 0.6 is 0 Å². The monoisotopic (exact) mass is 438 g/mol. The van der Waals surface area contributed by atoms with E-state index in [2.05, 4.69) is 5.32 Å². The van der Waals surface area contributed by atoms with Crippen molar-refractivity contribution in [1.29, 1.82) is 0 Å². The summed E-state index contributed by atoms with van der Waals surface area (Å²) in [4.78, 5) is 47.2. The number of para-hydroxylation sites is 1. The number of esters is 2. The molecule has 0 aliphatic heterocycles. The van der Waals surface area contributed by atoms with Crippen LogP contribution in [0.5, 0.6) is 0 Å². The zero-order valence-corrected chi connectivity index (χ0v) is 18.7. The number of hydrogen-bond donors (Lipinski definition) is 1. The summed E-state index contributed by atoms with van der Waals surface area (Å²) < 4.78 is 15.6. The van der Waals surface area contributed by atoms with Gasteiger partial charge in [0.25, 0.3) is 5.69 Å². The van der Waals surface area contributed by atoms with Gasteiger partial charge >= 0.3 is 18.0 Å². The second-order valence-corrected chi connectivity index (χ2v) is 8.75. The number of hydrogen-bond acceptors (Lipinski definition) is 8. The predicted molar refractivity (Wildman–Crippen MR) is 111 cm³/mol. The van der Waals surface area contributed by atoms with Crippen LogP contribution in [0.15, 0.2) is 24.3 Å². The Kier molecular flexibility index (Phi) is 8.96. The molecule has 10 heteroatoms. The molecule has 0 saturated heterocycles. The fourth-order valence-electron chi connectivity index (χ4n) is 2.40. The third-order valence-electron chi connectivity index (χ3n) is 3.51. The van der Waals surface area contributed by atoms with Crippen molar-refractivity contribution in [2.24, 2.45) is 0 Å². The topological polar surface area (TPSA) is 134 Å². The lowest BCUT2D eigenvalue weighted by atomic mass is 10.1. The van der Waals surface area contributed by atoms with Crippen LogP contribution in [-0.4, -0.2) is 40.7 Å². The largest absolute Gasteiger partial charge is 0.457 e. The molecule has 1 aromatic carbocycles. The molecule has 0 saturated carbocycles. The van der Waals surface area contributed by atoms with Gasteiger partial charge in [-0.2, -0.15) is 0 Å². The molecule has 1 amide bonds. The Balaban J connectivity index is 2.83. The zero-order valence-electron chi connectivity index (χ0n) is 18.7. The maximum absolute atomic E-state index is 12.6. The first-order valence-corrected chi connectivity index (χ1v) is 9.82. The van der Waals surface area contributed by atoms with Crippen molar-refractivity contribution in [3.8, 4) is 0 Å². The third-order valence-corrected chi connectivity index (χ3v) is 3.51. The molecule has 1 N–H and O–H groups in total. The number of nitrogens with one attached hydrogen (secondary N) is 1. The predicted octanol–water partition coefficient (Wildman–Crippen LogP) is 3.83. The number of rotatable bonds is 8. The van der Waals surface area contributed by atoms with E-state index in [0.717, 1.165) is 0 Å². The highest BCUT2D eigenvalue weighted by molar-refractivity contribution is 5.82. The van der Waals surface area contributed by atoms with Crippen molar-refractivity contribution in [2.75, 3.05) is 6.54 Å². The van der Waals surface area contributed by atoms with Gasteiger partial charge in [0.1, 0.15) is 11.2 Å². The summed E-state index contributed by atoms with van der Waals surface area (Å²) in [5.74, 6) is -1.68. The maximum atomic E-state index is 12.6. The van der Waals surface area contributed by atoms with Gasteiger partial charge in [0.2, 0.25) is 6.10 Å². The summed E-state index contributed by atoms with van der Waals surface area (Å²) in [5.41, 5.74) is -1.98. The third kappa shape index (κ3) is 9.92. The number of nitrogens with zero attached hydrogens (tertiary/aromatic N) is 1. The minimum Gasteiger partial charge on any atom is -0.457 e. The molecule has 31 heavy (non-hydrogen) atoms. The molecule has 0 bridgehead atoms. The average molecular weight is 438 g/mol. The van der Waals surface area contributed by atoms with E-state index in [1.165, 1.54) is 24.3 Å².